The molecule has 0 spiro atoms. The first-order chi connectivity index (χ1) is 11.1. The number of para-hydroxylation sites is 2. The molecule has 2 N–H and O–H groups in total. The maximum absolute atomic E-state index is 12.1. The van der Waals surface area contributed by atoms with Crippen LogP contribution in [0.1, 0.15) is 16.1 Å². The predicted octanol–water partition coefficient (Wildman–Crippen LogP) is 2.81. The molecule has 3 aromatic rings. The zero-order valence-corrected chi connectivity index (χ0v) is 12.8. The number of aromatic nitrogens is 2. The Hall–Kier alpha value is -2.93. The number of rotatable bonds is 5. The number of aromatic carboxylic acids is 1. The van der Waals surface area contributed by atoms with Gasteiger partial charge in [0.15, 0.2) is 5.69 Å². The van der Waals surface area contributed by atoms with Crippen LogP contribution < -0.4 is 5.32 Å². The molecule has 2 aromatic heterocycles. The lowest BCUT2D eigenvalue weighted by atomic mass is 10.2. The third kappa shape index (κ3) is 3.46. The summed E-state index contributed by atoms with van der Waals surface area (Å²) >= 11 is 1.54. The average molecular weight is 327 g/mol. The molecule has 0 saturated heterocycles. The summed E-state index contributed by atoms with van der Waals surface area (Å²) in [6.07, 6.45) is 1.84. The number of thiophene rings is 1. The number of anilines is 1. The van der Waals surface area contributed by atoms with E-state index in [4.69, 9.17) is 5.11 Å². The second kappa shape index (κ2) is 6.45. The summed E-state index contributed by atoms with van der Waals surface area (Å²) in [4.78, 5) is 23.1. The minimum absolute atomic E-state index is 0.0515. The van der Waals surface area contributed by atoms with Gasteiger partial charge in [0.25, 0.3) is 0 Å². The number of amides is 1. The molecule has 0 unspecified atom stereocenters. The molecular weight excluding hydrogens is 314 g/mol. The van der Waals surface area contributed by atoms with Crippen LogP contribution in [0.3, 0.4) is 0 Å². The van der Waals surface area contributed by atoms with E-state index in [0.717, 1.165) is 5.56 Å². The summed E-state index contributed by atoms with van der Waals surface area (Å²) < 4.78 is 1.43. The highest BCUT2D eigenvalue weighted by atomic mass is 32.1. The standard InChI is InChI=1S/C16H13N3O3S/c20-15(9-11-6-8-23-10-11)17-12-3-1-2-4-14(12)19-7-5-13(18-19)16(21)22/h1-8,10H,9H2,(H,17,20)(H,21,22). The van der Waals surface area contributed by atoms with Crippen LogP contribution in [-0.4, -0.2) is 26.8 Å². The fourth-order valence-electron chi connectivity index (χ4n) is 2.12. The number of carbonyl (C=O) groups excluding carboxylic acids is 1. The third-order valence-corrected chi connectivity index (χ3v) is 3.91. The lowest BCUT2D eigenvalue weighted by Crippen LogP contribution is -2.16. The third-order valence-electron chi connectivity index (χ3n) is 3.18. The fraction of sp³-hybridized carbons (Fsp3) is 0.0625. The molecular formula is C16H13N3O3S. The first kappa shape index (κ1) is 15.0. The Morgan fingerprint density at radius 3 is 2.74 bits per heavy atom. The highest BCUT2D eigenvalue weighted by Crippen LogP contribution is 2.20. The zero-order chi connectivity index (χ0) is 16.2. The van der Waals surface area contributed by atoms with E-state index in [0.29, 0.717) is 11.4 Å². The van der Waals surface area contributed by atoms with Crippen LogP contribution in [0, 0.1) is 0 Å². The topological polar surface area (TPSA) is 84.2 Å². The SMILES string of the molecule is O=C(Cc1ccsc1)Nc1ccccc1-n1ccc(C(=O)O)n1. The van der Waals surface area contributed by atoms with Crippen LogP contribution in [0.5, 0.6) is 0 Å². The molecule has 0 atom stereocenters. The maximum Gasteiger partial charge on any atom is 0.356 e. The van der Waals surface area contributed by atoms with Gasteiger partial charge in [0, 0.05) is 6.20 Å². The summed E-state index contributed by atoms with van der Waals surface area (Å²) in [5.41, 5.74) is 2.09. The molecule has 2 heterocycles. The molecule has 0 bridgehead atoms. The van der Waals surface area contributed by atoms with Gasteiger partial charge >= 0.3 is 5.97 Å². The van der Waals surface area contributed by atoms with Gasteiger partial charge in [-0.05, 0) is 40.6 Å². The molecule has 6 nitrogen and oxygen atoms in total. The van der Waals surface area contributed by atoms with E-state index in [9.17, 15) is 9.59 Å². The highest BCUT2D eigenvalue weighted by molar-refractivity contribution is 7.08. The van der Waals surface area contributed by atoms with Gasteiger partial charge in [-0.3, -0.25) is 4.79 Å². The second-order valence-electron chi connectivity index (χ2n) is 4.82. The Kier molecular flexibility index (Phi) is 4.20. The van der Waals surface area contributed by atoms with Crippen LogP contribution in [0.25, 0.3) is 5.69 Å². The van der Waals surface area contributed by atoms with Crippen molar-refractivity contribution in [1.29, 1.82) is 0 Å². The van der Waals surface area contributed by atoms with Crippen LogP contribution in [0.15, 0.2) is 53.4 Å². The van der Waals surface area contributed by atoms with E-state index in [1.807, 2.05) is 16.8 Å². The zero-order valence-electron chi connectivity index (χ0n) is 12.0. The second-order valence-corrected chi connectivity index (χ2v) is 5.60. The van der Waals surface area contributed by atoms with Crippen molar-refractivity contribution in [3.05, 3.63) is 64.6 Å². The molecule has 0 fully saturated rings. The molecule has 23 heavy (non-hydrogen) atoms. The van der Waals surface area contributed by atoms with Gasteiger partial charge in [-0.25, -0.2) is 9.48 Å². The van der Waals surface area contributed by atoms with Crippen LogP contribution >= 0.6 is 11.3 Å². The van der Waals surface area contributed by atoms with E-state index >= 15 is 0 Å². The van der Waals surface area contributed by atoms with E-state index in [2.05, 4.69) is 10.4 Å². The van der Waals surface area contributed by atoms with Crippen LogP contribution in [-0.2, 0) is 11.2 Å². The molecule has 116 valence electrons. The molecule has 0 radical (unpaired) electrons. The molecule has 1 aromatic carbocycles. The van der Waals surface area contributed by atoms with Gasteiger partial charge in [-0.15, -0.1) is 0 Å². The van der Waals surface area contributed by atoms with Crippen LogP contribution in [0.2, 0.25) is 0 Å². The predicted molar refractivity (Wildman–Crippen MR) is 87.2 cm³/mol. The average Bonchev–Trinajstić information content (AvgIpc) is 3.19. The Morgan fingerprint density at radius 1 is 1.22 bits per heavy atom. The van der Waals surface area contributed by atoms with Gasteiger partial charge in [0.1, 0.15) is 0 Å². The molecule has 0 aliphatic heterocycles. The van der Waals surface area contributed by atoms with E-state index in [-0.39, 0.29) is 18.0 Å². The highest BCUT2D eigenvalue weighted by Gasteiger charge is 2.12. The van der Waals surface area contributed by atoms with Crippen molar-refractivity contribution in [2.45, 2.75) is 6.42 Å². The summed E-state index contributed by atoms with van der Waals surface area (Å²) in [5, 5.41) is 19.6. The molecule has 0 aliphatic carbocycles. The number of nitrogens with zero attached hydrogens (tertiary/aromatic N) is 2. The lowest BCUT2D eigenvalue weighted by Gasteiger charge is -2.10. The monoisotopic (exact) mass is 327 g/mol. The Labute approximate surface area is 136 Å². The Bertz CT molecular complexity index is 840. The Morgan fingerprint density at radius 2 is 2.04 bits per heavy atom. The number of carboxylic acid groups (broad SMARTS) is 1. The van der Waals surface area contributed by atoms with E-state index < -0.39 is 5.97 Å². The van der Waals surface area contributed by atoms with E-state index in [1.54, 1.807) is 41.8 Å². The molecule has 0 aliphatic rings. The largest absolute Gasteiger partial charge is 0.476 e. The Balaban J connectivity index is 1.82. The molecule has 3 rings (SSSR count). The fourth-order valence-corrected chi connectivity index (χ4v) is 2.79. The number of hydrogen-bond donors (Lipinski definition) is 2. The van der Waals surface area contributed by atoms with Gasteiger partial charge in [0.2, 0.25) is 5.91 Å². The van der Waals surface area contributed by atoms with Gasteiger partial charge < -0.3 is 10.4 Å². The number of hydrogen-bond acceptors (Lipinski definition) is 4. The minimum Gasteiger partial charge on any atom is -0.476 e. The summed E-state index contributed by atoms with van der Waals surface area (Å²) in [7, 11) is 0. The lowest BCUT2D eigenvalue weighted by molar-refractivity contribution is -0.115. The van der Waals surface area contributed by atoms with Crippen molar-refractivity contribution in [2.75, 3.05) is 5.32 Å². The number of carboxylic acids is 1. The first-order valence-corrected chi connectivity index (χ1v) is 7.77. The van der Waals surface area contributed by atoms with Crippen LogP contribution in [0.4, 0.5) is 5.69 Å². The number of benzene rings is 1. The summed E-state index contributed by atoms with van der Waals surface area (Å²) in [5.74, 6) is -1.23. The first-order valence-electron chi connectivity index (χ1n) is 6.83. The van der Waals surface area contributed by atoms with Gasteiger partial charge in [0.05, 0.1) is 17.8 Å². The molecule has 7 heteroatoms. The normalized spacial score (nSPS) is 10.4. The summed E-state index contributed by atoms with van der Waals surface area (Å²) in [6.45, 7) is 0. The maximum atomic E-state index is 12.1. The van der Waals surface area contributed by atoms with Crippen molar-refractivity contribution in [2.24, 2.45) is 0 Å². The van der Waals surface area contributed by atoms with Crippen molar-refractivity contribution >= 4 is 28.9 Å². The summed E-state index contributed by atoms with van der Waals surface area (Å²) in [6, 6.07) is 10.4. The van der Waals surface area contributed by atoms with Gasteiger partial charge in [-0.1, -0.05) is 12.1 Å². The van der Waals surface area contributed by atoms with Crippen molar-refractivity contribution in [3.63, 3.8) is 0 Å². The quantitative estimate of drug-likeness (QED) is 0.755. The van der Waals surface area contributed by atoms with E-state index in [1.165, 1.54) is 10.7 Å². The van der Waals surface area contributed by atoms with Crippen molar-refractivity contribution in [1.82, 2.24) is 9.78 Å². The smallest absolute Gasteiger partial charge is 0.356 e. The van der Waals surface area contributed by atoms with Crippen molar-refractivity contribution < 1.29 is 14.7 Å². The minimum atomic E-state index is -1.09. The number of carbonyl (C=O) groups is 2. The van der Waals surface area contributed by atoms with Gasteiger partial charge in [-0.2, -0.15) is 16.4 Å². The molecule has 0 saturated carbocycles. The molecule has 1 amide bonds. The number of nitrogens with one attached hydrogen (secondary N) is 1. The van der Waals surface area contributed by atoms with Crippen molar-refractivity contribution in [3.8, 4) is 5.69 Å².